The van der Waals surface area contributed by atoms with Crippen LogP contribution in [0.25, 0.3) is 33.1 Å². The highest BCUT2D eigenvalue weighted by atomic mass is 15.2. The van der Waals surface area contributed by atoms with Crippen LogP contribution < -0.4 is 10.2 Å². The molecule has 1 aliphatic heterocycles. The van der Waals surface area contributed by atoms with E-state index in [0.717, 1.165) is 48.5 Å². The molecule has 1 saturated heterocycles. The molecule has 2 aromatic heterocycles. The summed E-state index contributed by atoms with van der Waals surface area (Å²) in [5.41, 5.74) is 5.68. The van der Waals surface area contributed by atoms with Gasteiger partial charge in [0.1, 0.15) is 0 Å². The first-order chi connectivity index (χ1) is 12.4. The molecular formula is C21H20N4. The lowest BCUT2D eigenvalue weighted by atomic mass is 10.1. The lowest BCUT2D eigenvalue weighted by Crippen LogP contribution is -2.43. The molecule has 3 heterocycles. The Morgan fingerprint density at radius 1 is 0.880 bits per heavy atom. The van der Waals surface area contributed by atoms with Gasteiger partial charge in [0.15, 0.2) is 0 Å². The maximum absolute atomic E-state index is 4.96. The molecule has 0 spiro atoms. The number of fused-ring (bicyclic) bond motifs is 2. The number of aromatic nitrogens is 2. The van der Waals surface area contributed by atoms with Crippen LogP contribution in [0, 0.1) is 0 Å². The topological polar surface area (TPSA) is 44.0 Å². The third kappa shape index (κ3) is 2.46. The number of anilines is 1. The SMILES string of the molecule is c1ccc2c(N3CCNCC3)cc(-c3c[nH]c4ccccc34)nc2c1. The van der Waals surface area contributed by atoms with Crippen LogP contribution in [0.5, 0.6) is 0 Å². The van der Waals surface area contributed by atoms with Crippen molar-refractivity contribution in [2.75, 3.05) is 31.1 Å². The summed E-state index contributed by atoms with van der Waals surface area (Å²) in [6.45, 7) is 4.11. The minimum absolute atomic E-state index is 1.03. The Morgan fingerprint density at radius 3 is 2.52 bits per heavy atom. The summed E-state index contributed by atoms with van der Waals surface area (Å²) in [7, 11) is 0. The normalized spacial score (nSPS) is 15.1. The monoisotopic (exact) mass is 328 g/mol. The van der Waals surface area contributed by atoms with E-state index in [1.54, 1.807) is 0 Å². The first kappa shape index (κ1) is 14.5. The minimum atomic E-state index is 1.03. The van der Waals surface area contributed by atoms with Gasteiger partial charge in [0.2, 0.25) is 0 Å². The molecule has 0 saturated carbocycles. The van der Waals surface area contributed by atoms with Crippen molar-refractivity contribution in [3.05, 3.63) is 60.8 Å². The van der Waals surface area contributed by atoms with Crippen LogP contribution in [-0.4, -0.2) is 36.1 Å². The van der Waals surface area contributed by atoms with Gasteiger partial charge in [-0.1, -0.05) is 36.4 Å². The zero-order chi connectivity index (χ0) is 16.6. The first-order valence-electron chi connectivity index (χ1n) is 8.82. The second-order valence-corrected chi connectivity index (χ2v) is 6.53. The molecule has 5 rings (SSSR count). The summed E-state index contributed by atoms with van der Waals surface area (Å²) >= 11 is 0. The largest absolute Gasteiger partial charge is 0.368 e. The van der Waals surface area contributed by atoms with E-state index in [0.29, 0.717) is 0 Å². The predicted molar refractivity (Wildman–Crippen MR) is 104 cm³/mol. The average molecular weight is 328 g/mol. The Hall–Kier alpha value is -2.85. The molecule has 0 bridgehead atoms. The lowest BCUT2D eigenvalue weighted by molar-refractivity contribution is 0.590. The molecule has 1 aliphatic rings. The van der Waals surface area contributed by atoms with Crippen LogP contribution in [0.1, 0.15) is 0 Å². The van der Waals surface area contributed by atoms with Gasteiger partial charge in [0.25, 0.3) is 0 Å². The highest BCUT2D eigenvalue weighted by Gasteiger charge is 2.17. The molecule has 2 aromatic carbocycles. The Balaban J connectivity index is 1.73. The quantitative estimate of drug-likeness (QED) is 0.588. The standard InChI is InChI=1S/C21H20N4/c1-3-7-18-15(5-1)17(14-23-18)20-13-21(25-11-9-22-10-12-25)16-6-2-4-8-19(16)24-20/h1-8,13-14,22-23H,9-12H2. The molecule has 4 nitrogen and oxygen atoms in total. The summed E-state index contributed by atoms with van der Waals surface area (Å²) in [5.74, 6) is 0. The van der Waals surface area contributed by atoms with Crippen LogP contribution >= 0.6 is 0 Å². The van der Waals surface area contributed by atoms with E-state index in [9.17, 15) is 0 Å². The van der Waals surface area contributed by atoms with Crippen molar-refractivity contribution in [3.8, 4) is 11.3 Å². The van der Waals surface area contributed by atoms with Crippen molar-refractivity contribution in [2.24, 2.45) is 0 Å². The Kier molecular flexibility index (Phi) is 3.42. The maximum Gasteiger partial charge on any atom is 0.0751 e. The zero-order valence-corrected chi connectivity index (χ0v) is 14.0. The molecule has 25 heavy (non-hydrogen) atoms. The lowest BCUT2D eigenvalue weighted by Gasteiger charge is -2.30. The number of nitrogens with one attached hydrogen (secondary N) is 2. The molecule has 1 fully saturated rings. The smallest absolute Gasteiger partial charge is 0.0751 e. The van der Waals surface area contributed by atoms with E-state index in [1.807, 2.05) is 0 Å². The fourth-order valence-electron chi connectivity index (χ4n) is 3.75. The summed E-state index contributed by atoms with van der Waals surface area (Å²) in [5, 5.41) is 5.89. The number of aromatic amines is 1. The molecule has 0 atom stereocenters. The van der Waals surface area contributed by atoms with Crippen LogP contribution in [0.2, 0.25) is 0 Å². The van der Waals surface area contributed by atoms with E-state index in [4.69, 9.17) is 4.98 Å². The summed E-state index contributed by atoms with van der Waals surface area (Å²) < 4.78 is 0. The predicted octanol–water partition coefficient (Wildman–Crippen LogP) is 3.79. The van der Waals surface area contributed by atoms with E-state index < -0.39 is 0 Å². The third-order valence-electron chi connectivity index (χ3n) is 5.02. The fraction of sp³-hybridized carbons (Fsp3) is 0.190. The van der Waals surface area contributed by atoms with Crippen LogP contribution in [0.4, 0.5) is 5.69 Å². The van der Waals surface area contributed by atoms with Gasteiger partial charge in [-0.05, 0) is 18.2 Å². The van der Waals surface area contributed by atoms with E-state index in [1.165, 1.54) is 16.5 Å². The van der Waals surface area contributed by atoms with E-state index in [-0.39, 0.29) is 0 Å². The van der Waals surface area contributed by atoms with Crippen molar-refractivity contribution < 1.29 is 0 Å². The van der Waals surface area contributed by atoms with E-state index >= 15 is 0 Å². The molecule has 0 radical (unpaired) electrons. The van der Waals surface area contributed by atoms with Gasteiger partial charge in [-0.15, -0.1) is 0 Å². The molecule has 2 N–H and O–H groups in total. The third-order valence-corrected chi connectivity index (χ3v) is 5.02. The van der Waals surface area contributed by atoms with Crippen LogP contribution in [0.15, 0.2) is 60.8 Å². The van der Waals surface area contributed by atoms with Gasteiger partial charge in [-0.3, -0.25) is 0 Å². The number of piperazine rings is 1. The number of hydrogen-bond acceptors (Lipinski definition) is 3. The van der Waals surface area contributed by atoms with E-state index in [2.05, 4.69) is 76.0 Å². The molecule has 4 aromatic rings. The number of benzene rings is 2. The van der Waals surface area contributed by atoms with Crippen LogP contribution in [-0.2, 0) is 0 Å². The fourth-order valence-corrected chi connectivity index (χ4v) is 3.75. The summed E-state index contributed by atoms with van der Waals surface area (Å²) in [6.07, 6.45) is 2.07. The molecular weight excluding hydrogens is 308 g/mol. The van der Waals surface area contributed by atoms with Crippen molar-refractivity contribution in [1.29, 1.82) is 0 Å². The number of pyridine rings is 1. The van der Waals surface area contributed by atoms with Gasteiger partial charge in [-0.2, -0.15) is 0 Å². The summed E-state index contributed by atoms with van der Waals surface area (Å²) in [4.78, 5) is 10.8. The summed E-state index contributed by atoms with van der Waals surface area (Å²) in [6, 6.07) is 19.1. The molecule has 0 unspecified atom stereocenters. The van der Waals surface area contributed by atoms with Gasteiger partial charge in [0.05, 0.1) is 11.2 Å². The molecule has 0 aliphatic carbocycles. The first-order valence-corrected chi connectivity index (χ1v) is 8.82. The Bertz CT molecular complexity index is 1040. The maximum atomic E-state index is 4.96. The van der Waals surface area contributed by atoms with Crippen molar-refractivity contribution in [1.82, 2.24) is 15.3 Å². The molecule has 124 valence electrons. The second kappa shape index (κ2) is 5.90. The number of hydrogen-bond donors (Lipinski definition) is 2. The highest BCUT2D eigenvalue weighted by Crippen LogP contribution is 2.34. The second-order valence-electron chi connectivity index (χ2n) is 6.53. The zero-order valence-electron chi connectivity index (χ0n) is 14.0. The molecule has 4 heteroatoms. The van der Waals surface area contributed by atoms with Crippen molar-refractivity contribution in [3.63, 3.8) is 0 Å². The Morgan fingerprint density at radius 2 is 1.64 bits per heavy atom. The Labute approximate surface area is 146 Å². The number of H-pyrrole nitrogens is 1. The van der Waals surface area contributed by atoms with Gasteiger partial charge >= 0.3 is 0 Å². The molecule has 0 amide bonds. The number of rotatable bonds is 2. The number of nitrogens with zero attached hydrogens (tertiary/aromatic N) is 2. The highest BCUT2D eigenvalue weighted by molar-refractivity contribution is 5.99. The van der Waals surface area contributed by atoms with Gasteiger partial charge in [0, 0.05) is 59.9 Å². The van der Waals surface area contributed by atoms with Crippen LogP contribution in [0.3, 0.4) is 0 Å². The van der Waals surface area contributed by atoms with Gasteiger partial charge < -0.3 is 15.2 Å². The van der Waals surface area contributed by atoms with Crippen molar-refractivity contribution >= 4 is 27.5 Å². The minimum Gasteiger partial charge on any atom is -0.368 e. The van der Waals surface area contributed by atoms with Crippen molar-refractivity contribution in [2.45, 2.75) is 0 Å². The number of para-hydroxylation sites is 2. The van der Waals surface area contributed by atoms with Gasteiger partial charge in [-0.25, -0.2) is 4.98 Å². The average Bonchev–Trinajstić information content (AvgIpc) is 3.12.